The maximum atomic E-state index is 12.1. The molecule has 16 heavy (non-hydrogen) atoms. The molecule has 0 aliphatic carbocycles. The zero-order valence-electron chi connectivity index (χ0n) is 9.69. The van der Waals surface area contributed by atoms with E-state index in [0.29, 0.717) is 12.5 Å². The highest BCUT2D eigenvalue weighted by Gasteiger charge is 2.25. The maximum Gasteiger partial charge on any atom is 0.228 e. The smallest absolute Gasteiger partial charge is 0.228 e. The van der Waals surface area contributed by atoms with Crippen molar-refractivity contribution in [2.45, 2.75) is 45.1 Å². The average molecular weight is 222 g/mol. The van der Waals surface area contributed by atoms with E-state index >= 15 is 0 Å². The molecule has 1 aromatic heterocycles. The highest BCUT2D eigenvalue weighted by molar-refractivity contribution is 5.78. The Bertz CT molecular complexity index is 335. The van der Waals surface area contributed by atoms with Crippen molar-refractivity contribution >= 4 is 5.91 Å². The Morgan fingerprint density at radius 2 is 2.50 bits per heavy atom. The Labute approximate surface area is 95.6 Å². The number of likely N-dealkylation sites (tertiary alicyclic amines) is 1. The van der Waals surface area contributed by atoms with E-state index in [0.717, 1.165) is 31.5 Å². The van der Waals surface area contributed by atoms with E-state index in [4.69, 9.17) is 4.42 Å². The van der Waals surface area contributed by atoms with Gasteiger partial charge in [-0.15, -0.1) is 0 Å². The van der Waals surface area contributed by atoms with Crippen LogP contribution in [0.2, 0.25) is 0 Å². The van der Waals surface area contributed by atoms with Gasteiger partial charge in [-0.1, -0.05) is 6.92 Å². The molecule has 0 aromatic carbocycles. The molecule has 4 heteroatoms. The third-order valence-corrected chi connectivity index (χ3v) is 3.23. The van der Waals surface area contributed by atoms with E-state index in [1.165, 1.54) is 12.8 Å². The van der Waals surface area contributed by atoms with Gasteiger partial charge in [0.25, 0.3) is 0 Å². The van der Waals surface area contributed by atoms with Gasteiger partial charge in [0.15, 0.2) is 6.39 Å². The van der Waals surface area contributed by atoms with Gasteiger partial charge in [0.05, 0.1) is 12.1 Å². The fourth-order valence-corrected chi connectivity index (χ4v) is 2.33. The molecule has 4 nitrogen and oxygen atoms in total. The number of amides is 1. The fraction of sp³-hybridized carbons (Fsp3) is 0.667. The van der Waals surface area contributed by atoms with Crippen LogP contribution in [0.4, 0.5) is 0 Å². The van der Waals surface area contributed by atoms with Crippen LogP contribution in [0.15, 0.2) is 17.1 Å². The summed E-state index contributed by atoms with van der Waals surface area (Å²) in [4.78, 5) is 18.1. The number of rotatable bonds is 3. The lowest BCUT2D eigenvalue weighted by atomic mass is 9.99. The van der Waals surface area contributed by atoms with Crippen LogP contribution in [0.1, 0.15) is 38.3 Å². The number of hydrogen-bond acceptors (Lipinski definition) is 3. The molecule has 0 saturated carbocycles. The molecule has 1 unspecified atom stereocenters. The molecule has 0 spiro atoms. The van der Waals surface area contributed by atoms with Crippen molar-refractivity contribution in [2.24, 2.45) is 0 Å². The first-order valence-electron chi connectivity index (χ1n) is 5.97. The summed E-state index contributed by atoms with van der Waals surface area (Å²) in [6, 6.07) is 0.424. The molecule has 0 N–H and O–H groups in total. The van der Waals surface area contributed by atoms with Crippen molar-refractivity contribution in [3.63, 3.8) is 0 Å². The van der Waals surface area contributed by atoms with Gasteiger partial charge in [0.2, 0.25) is 5.91 Å². The summed E-state index contributed by atoms with van der Waals surface area (Å²) in [6.45, 7) is 3.04. The molecule has 2 rings (SSSR count). The lowest BCUT2D eigenvalue weighted by Crippen LogP contribution is -2.44. The number of hydrogen-bond donors (Lipinski definition) is 0. The van der Waals surface area contributed by atoms with Crippen LogP contribution < -0.4 is 0 Å². The first kappa shape index (κ1) is 11.2. The van der Waals surface area contributed by atoms with Gasteiger partial charge < -0.3 is 9.32 Å². The summed E-state index contributed by atoms with van der Waals surface area (Å²) in [5.74, 6) is 0.181. The van der Waals surface area contributed by atoms with Crippen molar-refractivity contribution in [2.75, 3.05) is 6.54 Å². The minimum Gasteiger partial charge on any atom is -0.451 e. The van der Waals surface area contributed by atoms with Gasteiger partial charge in [-0.3, -0.25) is 4.79 Å². The molecule has 0 radical (unpaired) electrons. The van der Waals surface area contributed by atoms with Crippen LogP contribution in [0, 0.1) is 0 Å². The van der Waals surface area contributed by atoms with Gasteiger partial charge >= 0.3 is 0 Å². The number of nitrogens with zero attached hydrogens (tertiary/aromatic N) is 2. The molecule has 88 valence electrons. The third-order valence-electron chi connectivity index (χ3n) is 3.23. The van der Waals surface area contributed by atoms with Gasteiger partial charge in [-0.25, -0.2) is 4.98 Å². The Balaban J connectivity index is 1.97. The van der Waals surface area contributed by atoms with Gasteiger partial charge in [0, 0.05) is 12.6 Å². The van der Waals surface area contributed by atoms with E-state index in [1.807, 2.05) is 4.90 Å². The number of piperidine rings is 1. The van der Waals surface area contributed by atoms with E-state index in [-0.39, 0.29) is 5.91 Å². The molecule has 1 aromatic rings. The summed E-state index contributed by atoms with van der Waals surface area (Å²) >= 11 is 0. The summed E-state index contributed by atoms with van der Waals surface area (Å²) in [7, 11) is 0. The highest BCUT2D eigenvalue weighted by Crippen LogP contribution is 2.20. The van der Waals surface area contributed by atoms with Crippen LogP contribution >= 0.6 is 0 Å². The normalized spacial score (nSPS) is 21.1. The topological polar surface area (TPSA) is 46.3 Å². The standard InChI is InChI=1S/C12H18N2O2/c1-2-11-5-3-4-6-14(11)12(15)7-10-8-16-9-13-10/h8-9,11H,2-7H2,1H3. The lowest BCUT2D eigenvalue weighted by molar-refractivity contribution is -0.134. The highest BCUT2D eigenvalue weighted by atomic mass is 16.3. The lowest BCUT2D eigenvalue weighted by Gasteiger charge is -2.35. The first-order valence-corrected chi connectivity index (χ1v) is 5.97. The SMILES string of the molecule is CCC1CCCCN1C(=O)Cc1cocn1. The second-order valence-electron chi connectivity index (χ2n) is 4.30. The monoisotopic (exact) mass is 222 g/mol. The molecule has 1 atom stereocenters. The second-order valence-corrected chi connectivity index (χ2v) is 4.30. The third kappa shape index (κ3) is 2.43. The zero-order valence-corrected chi connectivity index (χ0v) is 9.69. The molecule has 1 aliphatic heterocycles. The molecular formula is C12H18N2O2. The van der Waals surface area contributed by atoms with Crippen molar-refractivity contribution in [1.29, 1.82) is 0 Å². The Kier molecular flexibility index (Phi) is 3.59. The zero-order chi connectivity index (χ0) is 11.4. The number of oxazole rings is 1. The largest absolute Gasteiger partial charge is 0.451 e. The molecule has 1 saturated heterocycles. The van der Waals surface area contributed by atoms with Crippen LogP contribution in [0.25, 0.3) is 0 Å². The van der Waals surface area contributed by atoms with Crippen molar-refractivity contribution in [1.82, 2.24) is 9.88 Å². The number of carbonyl (C=O) groups excluding carboxylic acids is 1. The average Bonchev–Trinajstić information content (AvgIpc) is 2.81. The van der Waals surface area contributed by atoms with Crippen molar-refractivity contribution in [3.05, 3.63) is 18.4 Å². The number of aromatic nitrogens is 1. The molecular weight excluding hydrogens is 204 g/mol. The summed E-state index contributed by atoms with van der Waals surface area (Å²) in [5.41, 5.74) is 0.727. The van der Waals surface area contributed by atoms with Gasteiger partial charge in [-0.2, -0.15) is 0 Å². The van der Waals surface area contributed by atoms with E-state index in [9.17, 15) is 4.79 Å². The van der Waals surface area contributed by atoms with Crippen molar-refractivity contribution in [3.8, 4) is 0 Å². The minimum atomic E-state index is 0.181. The van der Waals surface area contributed by atoms with Crippen molar-refractivity contribution < 1.29 is 9.21 Å². The first-order chi connectivity index (χ1) is 7.81. The maximum absolute atomic E-state index is 12.1. The summed E-state index contributed by atoms with van der Waals surface area (Å²) in [6.07, 6.45) is 7.84. The second kappa shape index (κ2) is 5.14. The molecule has 1 amide bonds. The predicted octanol–water partition coefficient (Wildman–Crippen LogP) is 2.01. The predicted molar refractivity (Wildman–Crippen MR) is 59.9 cm³/mol. The fourth-order valence-electron chi connectivity index (χ4n) is 2.33. The van der Waals surface area contributed by atoms with E-state index in [2.05, 4.69) is 11.9 Å². The molecule has 1 fully saturated rings. The van der Waals surface area contributed by atoms with Crippen LogP contribution in [-0.4, -0.2) is 28.4 Å². The molecule has 2 heterocycles. The van der Waals surface area contributed by atoms with E-state index in [1.54, 1.807) is 6.26 Å². The minimum absolute atomic E-state index is 0.181. The quantitative estimate of drug-likeness (QED) is 0.786. The number of carbonyl (C=O) groups is 1. The summed E-state index contributed by atoms with van der Waals surface area (Å²) < 4.78 is 4.87. The Hall–Kier alpha value is -1.32. The summed E-state index contributed by atoms with van der Waals surface area (Å²) in [5, 5.41) is 0. The molecule has 0 bridgehead atoms. The van der Waals surface area contributed by atoms with Crippen LogP contribution in [0.5, 0.6) is 0 Å². The molecule has 1 aliphatic rings. The Morgan fingerprint density at radius 1 is 1.62 bits per heavy atom. The van der Waals surface area contributed by atoms with Crippen LogP contribution in [-0.2, 0) is 11.2 Å². The van der Waals surface area contributed by atoms with Gasteiger partial charge in [-0.05, 0) is 25.7 Å². The van der Waals surface area contributed by atoms with Gasteiger partial charge in [0.1, 0.15) is 6.26 Å². The van der Waals surface area contributed by atoms with E-state index < -0.39 is 0 Å². The Morgan fingerprint density at radius 3 is 3.19 bits per heavy atom. The van der Waals surface area contributed by atoms with Crippen LogP contribution in [0.3, 0.4) is 0 Å².